The van der Waals surface area contributed by atoms with Gasteiger partial charge in [0, 0.05) is 0 Å². The molecule has 0 aromatic carbocycles. The Kier molecular flexibility index (Phi) is 2.28. The zero-order valence-electron chi connectivity index (χ0n) is 6.30. The Morgan fingerprint density at radius 3 is 2.42 bits per heavy atom. The van der Waals surface area contributed by atoms with Crippen molar-refractivity contribution in [2.24, 2.45) is 0 Å². The highest BCUT2D eigenvalue weighted by Crippen LogP contribution is 2.15. The van der Waals surface area contributed by atoms with Gasteiger partial charge in [-0.1, -0.05) is 11.6 Å². The van der Waals surface area contributed by atoms with Crippen molar-refractivity contribution in [3.63, 3.8) is 0 Å². The van der Waals surface area contributed by atoms with E-state index in [0.29, 0.717) is 11.3 Å². The predicted octanol–water partition coefficient (Wildman–Crippen LogP) is 1.79. The van der Waals surface area contributed by atoms with Crippen LogP contribution in [0.2, 0.25) is 5.15 Å². The van der Waals surface area contributed by atoms with Crippen LogP contribution in [0.15, 0.2) is 6.07 Å². The summed E-state index contributed by atoms with van der Waals surface area (Å²) in [6.07, 6.45) is 0. The Balaban J connectivity index is 3.42. The van der Waals surface area contributed by atoms with E-state index in [9.17, 15) is 0 Å². The SMILES string of the molecule is Cc1nc(Cl)c(C#N)cc1C#N. The highest BCUT2D eigenvalue weighted by molar-refractivity contribution is 6.30. The average Bonchev–Trinajstić information content (AvgIpc) is 2.05. The number of nitriles is 2. The fourth-order valence-electron chi connectivity index (χ4n) is 0.768. The fraction of sp³-hybridized carbons (Fsp3) is 0.125. The lowest BCUT2D eigenvalue weighted by molar-refractivity contribution is 1.17. The second-order valence-electron chi connectivity index (χ2n) is 2.18. The number of aromatic nitrogens is 1. The van der Waals surface area contributed by atoms with Crippen LogP contribution in [0.3, 0.4) is 0 Å². The molecule has 0 spiro atoms. The normalized spacial score (nSPS) is 8.67. The van der Waals surface area contributed by atoms with Crippen molar-refractivity contribution < 1.29 is 0 Å². The third kappa shape index (κ3) is 1.37. The molecule has 1 heterocycles. The molecule has 0 aliphatic rings. The fourth-order valence-corrected chi connectivity index (χ4v) is 0.991. The molecule has 0 amide bonds. The molecule has 0 aliphatic heterocycles. The molecule has 58 valence electrons. The largest absolute Gasteiger partial charge is 0.239 e. The highest BCUT2D eigenvalue weighted by Gasteiger charge is 2.05. The highest BCUT2D eigenvalue weighted by atomic mass is 35.5. The first kappa shape index (κ1) is 8.52. The number of nitrogens with zero attached hydrogens (tertiary/aromatic N) is 3. The van der Waals surface area contributed by atoms with Gasteiger partial charge >= 0.3 is 0 Å². The molecule has 12 heavy (non-hydrogen) atoms. The average molecular weight is 178 g/mol. The van der Waals surface area contributed by atoms with Gasteiger partial charge in [-0.3, -0.25) is 0 Å². The monoisotopic (exact) mass is 177 g/mol. The summed E-state index contributed by atoms with van der Waals surface area (Å²) in [5.41, 5.74) is 1.16. The van der Waals surface area contributed by atoms with Crippen LogP contribution in [0.5, 0.6) is 0 Å². The number of rotatable bonds is 0. The summed E-state index contributed by atoms with van der Waals surface area (Å²) >= 11 is 5.62. The van der Waals surface area contributed by atoms with Crippen molar-refractivity contribution in [3.05, 3.63) is 28.0 Å². The molecule has 0 bridgehead atoms. The van der Waals surface area contributed by atoms with Crippen molar-refractivity contribution >= 4 is 11.6 Å². The number of aryl methyl sites for hydroxylation is 1. The topological polar surface area (TPSA) is 60.5 Å². The van der Waals surface area contributed by atoms with E-state index in [0.717, 1.165) is 0 Å². The van der Waals surface area contributed by atoms with Crippen molar-refractivity contribution in [1.82, 2.24) is 4.98 Å². The molecule has 0 atom stereocenters. The molecule has 1 aromatic rings. The van der Waals surface area contributed by atoms with E-state index in [2.05, 4.69) is 4.98 Å². The molecule has 4 heteroatoms. The van der Waals surface area contributed by atoms with E-state index < -0.39 is 0 Å². The van der Waals surface area contributed by atoms with E-state index >= 15 is 0 Å². The first-order valence-electron chi connectivity index (χ1n) is 3.16. The van der Waals surface area contributed by atoms with Gasteiger partial charge in [0.15, 0.2) is 0 Å². The first-order chi connectivity index (χ1) is 5.69. The van der Waals surface area contributed by atoms with E-state index in [1.54, 1.807) is 6.92 Å². The van der Waals surface area contributed by atoms with E-state index in [-0.39, 0.29) is 10.7 Å². The van der Waals surface area contributed by atoms with Gasteiger partial charge in [-0.05, 0) is 13.0 Å². The lowest BCUT2D eigenvalue weighted by atomic mass is 10.2. The number of hydrogen-bond acceptors (Lipinski definition) is 3. The van der Waals surface area contributed by atoms with Crippen molar-refractivity contribution in [3.8, 4) is 12.1 Å². The number of hydrogen-bond donors (Lipinski definition) is 0. The van der Waals surface area contributed by atoms with E-state index in [1.165, 1.54) is 6.07 Å². The summed E-state index contributed by atoms with van der Waals surface area (Å²) in [5.74, 6) is 0. The van der Waals surface area contributed by atoms with E-state index in [1.807, 2.05) is 12.1 Å². The van der Waals surface area contributed by atoms with Gasteiger partial charge in [0.2, 0.25) is 0 Å². The summed E-state index contributed by atoms with van der Waals surface area (Å²) in [4.78, 5) is 3.84. The standard InChI is InChI=1S/C8H4ClN3/c1-5-6(3-10)2-7(4-11)8(9)12-5/h2H,1H3. The Hall–Kier alpha value is -1.58. The van der Waals surface area contributed by atoms with Crippen LogP contribution < -0.4 is 0 Å². The van der Waals surface area contributed by atoms with Gasteiger partial charge in [0.1, 0.15) is 17.3 Å². The van der Waals surface area contributed by atoms with Crippen molar-refractivity contribution in [2.75, 3.05) is 0 Å². The summed E-state index contributed by atoms with van der Waals surface area (Å²) < 4.78 is 0. The molecule has 0 aliphatic carbocycles. The molecule has 0 unspecified atom stereocenters. The minimum Gasteiger partial charge on any atom is -0.239 e. The van der Waals surface area contributed by atoms with Crippen LogP contribution in [0.25, 0.3) is 0 Å². The smallest absolute Gasteiger partial charge is 0.147 e. The van der Waals surface area contributed by atoms with Gasteiger partial charge in [-0.2, -0.15) is 10.5 Å². The maximum absolute atomic E-state index is 8.59. The Bertz CT molecular complexity index is 363. The molecule has 0 saturated carbocycles. The lowest BCUT2D eigenvalue weighted by Crippen LogP contribution is -1.91. The van der Waals surface area contributed by atoms with Gasteiger partial charge < -0.3 is 0 Å². The van der Waals surface area contributed by atoms with Gasteiger partial charge in [-0.15, -0.1) is 0 Å². The minimum absolute atomic E-state index is 0.147. The van der Waals surface area contributed by atoms with Crippen molar-refractivity contribution in [1.29, 1.82) is 10.5 Å². The van der Waals surface area contributed by atoms with Gasteiger partial charge in [0.25, 0.3) is 0 Å². The zero-order valence-corrected chi connectivity index (χ0v) is 7.05. The Labute approximate surface area is 74.8 Å². The molecular weight excluding hydrogens is 174 g/mol. The molecule has 0 fully saturated rings. The summed E-state index contributed by atoms with van der Waals surface area (Å²) in [6, 6.07) is 5.21. The van der Waals surface area contributed by atoms with Crippen LogP contribution in [-0.2, 0) is 0 Å². The van der Waals surface area contributed by atoms with Crippen LogP contribution in [-0.4, -0.2) is 4.98 Å². The van der Waals surface area contributed by atoms with Gasteiger partial charge in [0.05, 0.1) is 16.8 Å². The van der Waals surface area contributed by atoms with Crippen LogP contribution in [0, 0.1) is 29.6 Å². The van der Waals surface area contributed by atoms with Crippen LogP contribution in [0.1, 0.15) is 16.8 Å². The van der Waals surface area contributed by atoms with E-state index in [4.69, 9.17) is 22.1 Å². The predicted molar refractivity (Wildman–Crippen MR) is 43.4 cm³/mol. The first-order valence-corrected chi connectivity index (χ1v) is 3.54. The van der Waals surface area contributed by atoms with Crippen molar-refractivity contribution in [2.45, 2.75) is 6.92 Å². The summed E-state index contributed by atoms with van der Waals surface area (Å²) in [7, 11) is 0. The molecule has 1 rings (SSSR count). The number of pyridine rings is 1. The zero-order chi connectivity index (χ0) is 9.14. The molecule has 0 saturated heterocycles. The maximum atomic E-state index is 8.59. The quantitative estimate of drug-likeness (QED) is 0.568. The van der Waals surface area contributed by atoms with Crippen LogP contribution >= 0.6 is 11.6 Å². The molecular formula is C8H4ClN3. The lowest BCUT2D eigenvalue weighted by Gasteiger charge is -1.97. The summed E-state index contributed by atoms with van der Waals surface area (Å²) in [6.45, 7) is 1.67. The van der Waals surface area contributed by atoms with Crippen LogP contribution in [0.4, 0.5) is 0 Å². The second kappa shape index (κ2) is 3.21. The Morgan fingerprint density at radius 2 is 1.92 bits per heavy atom. The number of halogens is 1. The maximum Gasteiger partial charge on any atom is 0.147 e. The molecule has 0 radical (unpaired) electrons. The minimum atomic E-state index is 0.147. The third-order valence-corrected chi connectivity index (χ3v) is 1.70. The molecule has 1 aromatic heterocycles. The second-order valence-corrected chi connectivity index (χ2v) is 2.54. The third-order valence-electron chi connectivity index (χ3n) is 1.41. The Morgan fingerprint density at radius 1 is 1.33 bits per heavy atom. The summed E-state index contributed by atoms with van der Waals surface area (Å²) in [5, 5.41) is 17.3. The molecule has 0 N–H and O–H groups in total. The van der Waals surface area contributed by atoms with Gasteiger partial charge in [-0.25, -0.2) is 4.98 Å². The molecule has 3 nitrogen and oxygen atoms in total.